The van der Waals surface area contributed by atoms with Crippen molar-refractivity contribution in [3.8, 4) is 0 Å². The molecule has 8 nitrogen and oxygen atoms in total. The van der Waals surface area contributed by atoms with E-state index in [0.29, 0.717) is 34.8 Å². The number of rotatable bonds is 8. The van der Waals surface area contributed by atoms with Crippen molar-refractivity contribution < 1.29 is 17.7 Å². The molecule has 0 aliphatic carbocycles. The van der Waals surface area contributed by atoms with Crippen molar-refractivity contribution in [1.82, 2.24) is 14.5 Å². The minimum absolute atomic E-state index is 0.111. The Labute approximate surface area is 144 Å². The molecule has 0 unspecified atom stereocenters. The molecule has 0 aliphatic heterocycles. The van der Waals surface area contributed by atoms with Gasteiger partial charge in [-0.25, -0.2) is 9.97 Å². The molecule has 0 aliphatic rings. The molecule has 2 heterocycles. The summed E-state index contributed by atoms with van der Waals surface area (Å²) < 4.78 is 37.1. The van der Waals surface area contributed by atoms with E-state index in [1.807, 2.05) is 6.26 Å². The Bertz CT molecular complexity index is 880. The predicted molar refractivity (Wildman–Crippen MR) is 92.2 cm³/mol. The van der Waals surface area contributed by atoms with Gasteiger partial charge in [0.15, 0.2) is 5.16 Å². The van der Waals surface area contributed by atoms with Gasteiger partial charge in [0.25, 0.3) is 15.7 Å². The fourth-order valence-corrected chi connectivity index (χ4v) is 3.14. The summed E-state index contributed by atoms with van der Waals surface area (Å²) in [5.74, 6) is -0.413. The molecule has 0 aromatic carbocycles. The Hall–Kier alpha value is -1.49. The molecule has 0 saturated carbocycles. The van der Waals surface area contributed by atoms with Crippen molar-refractivity contribution in [2.45, 2.75) is 24.5 Å². The minimum Gasteiger partial charge on any atom is -0.384 e. The molecule has 2 aromatic heterocycles. The molecular weight excluding hydrogens is 354 g/mol. The van der Waals surface area contributed by atoms with Crippen LogP contribution in [0.25, 0.3) is 11.0 Å². The standard InChI is InChI=1S/C14H19N3O5S2/c1-22-6-4-10-8-11-9-15-14(23-2)16-12(11)17(13(10)18)5-3-7-24(19,20)21/h8-9H,3-7H2,1-2H3,(H,19,20,21). The third-order valence-corrected chi connectivity index (χ3v) is 4.79. The van der Waals surface area contributed by atoms with E-state index in [0.717, 1.165) is 0 Å². The Balaban J connectivity index is 2.49. The second-order valence-corrected chi connectivity index (χ2v) is 7.49. The van der Waals surface area contributed by atoms with E-state index < -0.39 is 15.9 Å². The number of aryl methyl sites for hydroxylation is 1. The zero-order valence-corrected chi connectivity index (χ0v) is 15.1. The predicted octanol–water partition coefficient (Wildman–Crippen LogP) is 0.980. The van der Waals surface area contributed by atoms with Gasteiger partial charge in [-0.2, -0.15) is 8.42 Å². The highest BCUT2D eigenvalue weighted by molar-refractivity contribution is 7.98. The van der Waals surface area contributed by atoms with Crippen LogP contribution in [-0.4, -0.2) is 53.2 Å². The van der Waals surface area contributed by atoms with E-state index in [1.54, 1.807) is 19.4 Å². The smallest absolute Gasteiger partial charge is 0.264 e. The van der Waals surface area contributed by atoms with Crippen LogP contribution in [0.5, 0.6) is 0 Å². The largest absolute Gasteiger partial charge is 0.384 e. The first-order valence-electron chi connectivity index (χ1n) is 7.23. The van der Waals surface area contributed by atoms with E-state index >= 15 is 0 Å². The van der Waals surface area contributed by atoms with E-state index in [2.05, 4.69) is 9.97 Å². The molecule has 0 bridgehead atoms. The third kappa shape index (κ3) is 4.76. The minimum atomic E-state index is -4.07. The van der Waals surface area contributed by atoms with Gasteiger partial charge in [0, 0.05) is 37.2 Å². The Morgan fingerprint density at radius 1 is 1.42 bits per heavy atom. The zero-order valence-electron chi connectivity index (χ0n) is 13.4. The van der Waals surface area contributed by atoms with Gasteiger partial charge < -0.3 is 4.74 Å². The summed E-state index contributed by atoms with van der Waals surface area (Å²) >= 11 is 1.35. The molecule has 1 N–H and O–H groups in total. The number of hydrogen-bond donors (Lipinski definition) is 1. The average Bonchev–Trinajstić information content (AvgIpc) is 2.53. The molecule has 0 fully saturated rings. The summed E-state index contributed by atoms with van der Waals surface area (Å²) in [5, 5.41) is 1.22. The summed E-state index contributed by atoms with van der Waals surface area (Å²) in [5.41, 5.74) is 0.771. The van der Waals surface area contributed by atoms with Crippen LogP contribution >= 0.6 is 11.8 Å². The van der Waals surface area contributed by atoms with Crippen LogP contribution in [0.3, 0.4) is 0 Å². The third-order valence-electron chi connectivity index (χ3n) is 3.42. The van der Waals surface area contributed by atoms with Crippen molar-refractivity contribution in [2.24, 2.45) is 0 Å². The van der Waals surface area contributed by atoms with Gasteiger partial charge in [0.05, 0.1) is 12.4 Å². The quantitative estimate of drug-likeness (QED) is 0.414. The number of nitrogens with zero attached hydrogens (tertiary/aromatic N) is 3. The van der Waals surface area contributed by atoms with Gasteiger partial charge in [0.1, 0.15) is 5.65 Å². The normalized spacial score (nSPS) is 12.0. The number of ether oxygens (including phenoxy) is 1. The first-order chi connectivity index (χ1) is 11.4. The maximum absolute atomic E-state index is 12.7. The molecule has 132 valence electrons. The first-order valence-corrected chi connectivity index (χ1v) is 10.1. The van der Waals surface area contributed by atoms with Crippen LogP contribution in [0.15, 0.2) is 22.2 Å². The SMILES string of the molecule is COCCc1cc2cnc(SC)nc2n(CCCS(=O)(=O)O)c1=O. The van der Waals surface area contributed by atoms with E-state index in [-0.39, 0.29) is 18.5 Å². The number of fused-ring (bicyclic) bond motifs is 1. The highest BCUT2D eigenvalue weighted by Gasteiger charge is 2.13. The van der Waals surface area contributed by atoms with Crippen LogP contribution in [0, 0.1) is 0 Å². The van der Waals surface area contributed by atoms with Gasteiger partial charge in [-0.15, -0.1) is 0 Å². The van der Waals surface area contributed by atoms with Crippen molar-refractivity contribution in [3.63, 3.8) is 0 Å². The van der Waals surface area contributed by atoms with Gasteiger partial charge >= 0.3 is 0 Å². The Morgan fingerprint density at radius 3 is 2.79 bits per heavy atom. The van der Waals surface area contributed by atoms with Crippen LogP contribution in [0.4, 0.5) is 0 Å². The second-order valence-electron chi connectivity index (χ2n) is 5.14. The fourth-order valence-electron chi connectivity index (χ4n) is 2.31. The van der Waals surface area contributed by atoms with Crippen LogP contribution in [0.1, 0.15) is 12.0 Å². The molecule has 10 heteroatoms. The lowest BCUT2D eigenvalue weighted by molar-refractivity contribution is 0.202. The lowest BCUT2D eigenvalue weighted by Gasteiger charge is -2.12. The molecular formula is C14H19N3O5S2. The fraction of sp³-hybridized carbons (Fsp3) is 0.500. The molecule has 24 heavy (non-hydrogen) atoms. The van der Waals surface area contributed by atoms with E-state index in [4.69, 9.17) is 9.29 Å². The maximum atomic E-state index is 12.7. The molecule has 0 saturated heterocycles. The van der Waals surface area contributed by atoms with E-state index in [9.17, 15) is 13.2 Å². The zero-order chi connectivity index (χ0) is 17.7. The van der Waals surface area contributed by atoms with Gasteiger partial charge in [-0.1, -0.05) is 11.8 Å². The van der Waals surface area contributed by atoms with Gasteiger partial charge in [-0.05, 0) is 18.7 Å². The number of aromatic nitrogens is 3. The lowest BCUT2D eigenvalue weighted by Crippen LogP contribution is -2.26. The summed E-state index contributed by atoms with van der Waals surface area (Å²) in [4.78, 5) is 21.2. The monoisotopic (exact) mass is 373 g/mol. The number of pyridine rings is 1. The average molecular weight is 373 g/mol. The van der Waals surface area contributed by atoms with Crippen molar-refractivity contribution >= 4 is 32.9 Å². The lowest BCUT2D eigenvalue weighted by atomic mass is 10.1. The van der Waals surface area contributed by atoms with Crippen molar-refractivity contribution in [1.29, 1.82) is 0 Å². The van der Waals surface area contributed by atoms with Crippen molar-refractivity contribution in [3.05, 3.63) is 28.2 Å². The van der Waals surface area contributed by atoms with Gasteiger partial charge in [-0.3, -0.25) is 13.9 Å². The molecule has 0 atom stereocenters. The van der Waals surface area contributed by atoms with E-state index in [1.165, 1.54) is 16.3 Å². The molecule has 2 aromatic rings. The van der Waals surface area contributed by atoms with Crippen LogP contribution in [0.2, 0.25) is 0 Å². The highest BCUT2D eigenvalue weighted by atomic mass is 32.2. The summed E-state index contributed by atoms with van der Waals surface area (Å²) in [6, 6.07) is 1.74. The second kappa shape index (κ2) is 8.06. The topological polar surface area (TPSA) is 111 Å². The molecule has 2 rings (SSSR count). The maximum Gasteiger partial charge on any atom is 0.264 e. The summed E-state index contributed by atoms with van der Waals surface area (Å²) in [6.45, 7) is 0.538. The molecule has 0 amide bonds. The summed E-state index contributed by atoms with van der Waals surface area (Å²) in [6.07, 6.45) is 4.02. The number of hydrogen-bond acceptors (Lipinski definition) is 7. The number of methoxy groups -OCH3 is 1. The Morgan fingerprint density at radius 2 is 2.17 bits per heavy atom. The van der Waals surface area contributed by atoms with Crippen molar-refractivity contribution in [2.75, 3.05) is 25.7 Å². The molecule has 0 spiro atoms. The molecule has 0 radical (unpaired) electrons. The summed E-state index contributed by atoms with van der Waals surface area (Å²) in [7, 11) is -2.51. The number of thioether (sulfide) groups is 1. The van der Waals surface area contributed by atoms with Gasteiger partial charge in [0.2, 0.25) is 0 Å². The highest BCUT2D eigenvalue weighted by Crippen LogP contribution is 2.16. The first kappa shape index (κ1) is 18.8. The van der Waals surface area contributed by atoms with Crippen LogP contribution < -0.4 is 5.56 Å². The Kier molecular flexibility index (Phi) is 6.33. The van der Waals surface area contributed by atoms with Crippen LogP contribution in [-0.2, 0) is 27.8 Å².